The Kier molecular flexibility index (Phi) is 6.95. The van der Waals surface area contributed by atoms with Gasteiger partial charge in [0.05, 0.1) is 24.9 Å². The first-order chi connectivity index (χ1) is 6.25. The number of hydrogen-bond acceptors (Lipinski definition) is 4. The van der Waals surface area contributed by atoms with Crippen LogP contribution in [0.3, 0.4) is 0 Å². The Labute approximate surface area is 95.2 Å². The molecule has 0 aromatic carbocycles. The second kappa shape index (κ2) is 6.39. The Morgan fingerprint density at radius 3 is 1.13 bits per heavy atom. The fourth-order valence-corrected chi connectivity index (χ4v) is 1.03. The number of rotatable bonds is 6. The summed E-state index contributed by atoms with van der Waals surface area (Å²) in [7, 11) is 0. The maximum atomic E-state index is 10.2. The van der Waals surface area contributed by atoms with Crippen LogP contribution < -0.4 is 0 Å². The van der Waals surface area contributed by atoms with E-state index in [1.54, 1.807) is 0 Å². The van der Waals surface area contributed by atoms with Gasteiger partial charge in [-0.2, -0.15) is 0 Å². The van der Waals surface area contributed by atoms with E-state index < -0.39 is 42.8 Å². The average Bonchev–Trinajstić information content (AvgIpc) is 1.76. The zero-order chi connectivity index (χ0) is 11.4. The summed E-state index contributed by atoms with van der Waals surface area (Å²) in [4.78, 5) is 30.7. The third-order valence-electron chi connectivity index (χ3n) is 1.44. The van der Waals surface area contributed by atoms with E-state index in [9.17, 15) is 19.5 Å². The Morgan fingerprint density at radius 1 is 0.800 bits per heavy atom. The summed E-state index contributed by atoms with van der Waals surface area (Å²) in [5.74, 6) is -4.35. The molecule has 0 aliphatic heterocycles. The minimum Gasteiger partial charge on any atom is -0.481 e. The van der Waals surface area contributed by atoms with Crippen LogP contribution in [0.25, 0.3) is 0 Å². The first kappa shape index (κ1) is 16.3. The molecule has 0 aliphatic carbocycles. The van der Waals surface area contributed by atoms with E-state index in [-0.39, 0.29) is 17.1 Å². The van der Waals surface area contributed by atoms with Crippen LogP contribution in [0, 0.1) is 0 Å². The number of hydrogen-bond donors (Lipinski definition) is 4. The molecule has 0 aromatic heterocycles. The van der Waals surface area contributed by atoms with Gasteiger partial charge in [0.1, 0.15) is 0 Å². The van der Waals surface area contributed by atoms with Gasteiger partial charge in [0.15, 0.2) is 0 Å². The van der Waals surface area contributed by atoms with E-state index >= 15 is 0 Å². The van der Waals surface area contributed by atoms with Crippen LogP contribution in [0.1, 0.15) is 19.3 Å². The molecule has 0 heterocycles. The van der Waals surface area contributed by atoms with Gasteiger partial charge in [-0.25, -0.2) is 0 Å². The third kappa shape index (κ3) is 7.92. The Hall–Kier alpha value is -1.11. The summed E-state index contributed by atoms with van der Waals surface area (Å²) in [6.45, 7) is 0. The van der Waals surface area contributed by atoms with Crippen molar-refractivity contribution in [2.24, 2.45) is 0 Å². The van der Waals surface area contributed by atoms with E-state index in [1.807, 2.05) is 0 Å². The molecule has 88 valence electrons. The fourth-order valence-electron chi connectivity index (χ4n) is 1.03. The van der Waals surface area contributed by atoms with Crippen molar-refractivity contribution in [1.29, 1.82) is 0 Å². The van der Waals surface area contributed by atoms with Crippen molar-refractivity contribution in [3.63, 3.8) is 0 Å². The van der Waals surface area contributed by atoms with Crippen molar-refractivity contribution in [1.82, 2.24) is 0 Å². The molecule has 8 heteroatoms. The van der Waals surface area contributed by atoms with E-state index in [2.05, 4.69) is 0 Å². The standard InChI is InChI=1S/C7H10O7.Fe/c8-4(9)1-7(14,2-5(10)11)3-6(12)13;/h14H,1-3H2,(H,8,9)(H,10,11)(H,12,13);. The van der Waals surface area contributed by atoms with Crippen LogP contribution in [-0.2, 0) is 31.5 Å². The summed E-state index contributed by atoms with van der Waals surface area (Å²) >= 11 is 0. The van der Waals surface area contributed by atoms with Crippen LogP contribution in [0.4, 0.5) is 0 Å². The van der Waals surface area contributed by atoms with Crippen molar-refractivity contribution in [2.75, 3.05) is 0 Å². The van der Waals surface area contributed by atoms with E-state index in [4.69, 9.17) is 15.3 Å². The summed E-state index contributed by atoms with van der Waals surface area (Å²) in [5, 5.41) is 34.4. The smallest absolute Gasteiger partial charge is 0.306 e. The minimum absolute atomic E-state index is 0. The first-order valence-corrected chi connectivity index (χ1v) is 3.63. The molecule has 0 unspecified atom stereocenters. The maximum Gasteiger partial charge on any atom is 0.306 e. The molecular weight excluding hydrogens is 252 g/mol. The van der Waals surface area contributed by atoms with Crippen molar-refractivity contribution in [2.45, 2.75) is 24.9 Å². The second-order valence-corrected chi connectivity index (χ2v) is 2.94. The van der Waals surface area contributed by atoms with Crippen LogP contribution in [0.15, 0.2) is 0 Å². The van der Waals surface area contributed by atoms with Gasteiger partial charge in [-0.05, 0) is 0 Å². The third-order valence-corrected chi connectivity index (χ3v) is 1.44. The summed E-state index contributed by atoms with van der Waals surface area (Å²) in [6.07, 6.45) is -2.73. The number of carbonyl (C=O) groups is 3. The molecule has 0 aliphatic rings. The number of aliphatic carboxylic acids is 3. The van der Waals surface area contributed by atoms with Gasteiger partial charge in [0, 0.05) is 17.1 Å². The molecule has 0 amide bonds. The molecule has 0 atom stereocenters. The minimum atomic E-state index is -2.23. The molecule has 15 heavy (non-hydrogen) atoms. The number of carboxylic acid groups (broad SMARTS) is 3. The molecule has 0 saturated carbocycles. The Bertz CT molecular complexity index is 221. The van der Waals surface area contributed by atoms with Gasteiger partial charge in [-0.3, -0.25) is 14.4 Å². The monoisotopic (exact) mass is 262 g/mol. The molecule has 0 spiro atoms. The summed E-state index contributed by atoms with van der Waals surface area (Å²) < 4.78 is 0. The van der Waals surface area contributed by atoms with E-state index in [1.165, 1.54) is 0 Å². The summed E-state index contributed by atoms with van der Waals surface area (Å²) in [6, 6.07) is 0. The largest absolute Gasteiger partial charge is 0.481 e. The predicted molar refractivity (Wildman–Crippen MR) is 41.7 cm³/mol. The molecule has 0 fully saturated rings. The van der Waals surface area contributed by atoms with E-state index in [0.717, 1.165) is 0 Å². The zero-order valence-electron chi connectivity index (χ0n) is 7.49. The van der Waals surface area contributed by atoms with Crippen LogP contribution in [0.2, 0.25) is 0 Å². The van der Waals surface area contributed by atoms with E-state index in [0.29, 0.717) is 0 Å². The molecule has 4 N–H and O–H groups in total. The van der Waals surface area contributed by atoms with Gasteiger partial charge in [0.25, 0.3) is 0 Å². The molecule has 0 radical (unpaired) electrons. The van der Waals surface area contributed by atoms with Gasteiger partial charge < -0.3 is 20.4 Å². The van der Waals surface area contributed by atoms with Gasteiger partial charge in [-0.1, -0.05) is 0 Å². The number of aliphatic hydroxyl groups is 1. The number of carboxylic acids is 3. The molecule has 0 saturated heterocycles. The fraction of sp³-hybridized carbons (Fsp3) is 0.571. The average molecular weight is 262 g/mol. The second-order valence-electron chi connectivity index (χ2n) is 2.94. The topological polar surface area (TPSA) is 132 Å². The van der Waals surface area contributed by atoms with Crippen LogP contribution >= 0.6 is 0 Å². The van der Waals surface area contributed by atoms with Crippen LogP contribution in [-0.4, -0.2) is 43.9 Å². The first-order valence-electron chi connectivity index (χ1n) is 3.63. The zero-order valence-corrected chi connectivity index (χ0v) is 8.59. The van der Waals surface area contributed by atoms with Gasteiger partial charge in [0.2, 0.25) is 0 Å². The SMILES string of the molecule is O=C(O)CC(O)(CC(=O)O)CC(=O)O.[Fe]. The predicted octanol–water partition coefficient (Wildman–Crippen LogP) is -0.861. The van der Waals surface area contributed by atoms with Crippen LogP contribution in [0.5, 0.6) is 0 Å². The molecule has 0 bridgehead atoms. The van der Waals surface area contributed by atoms with Crippen molar-refractivity contribution in [3.05, 3.63) is 0 Å². The Morgan fingerprint density at radius 2 is 1.00 bits per heavy atom. The van der Waals surface area contributed by atoms with Crippen molar-refractivity contribution >= 4 is 17.9 Å². The Balaban J connectivity index is 0. The molecular formula is C7H10FeO7. The van der Waals surface area contributed by atoms with Crippen molar-refractivity contribution in [3.8, 4) is 0 Å². The van der Waals surface area contributed by atoms with Crippen molar-refractivity contribution < 1.29 is 51.9 Å². The molecule has 0 aromatic rings. The molecule has 0 rings (SSSR count). The van der Waals surface area contributed by atoms with Gasteiger partial charge in [-0.15, -0.1) is 0 Å². The molecule has 7 nitrogen and oxygen atoms in total. The van der Waals surface area contributed by atoms with Gasteiger partial charge >= 0.3 is 17.9 Å². The maximum absolute atomic E-state index is 10.2. The summed E-state index contributed by atoms with van der Waals surface area (Å²) in [5.41, 5.74) is -2.23. The quantitative estimate of drug-likeness (QED) is 0.458. The normalized spacial score (nSPS) is 10.2.